The number of nitrogens with zero attached hydrogens (tertiary/aromatic N) is 3. The van der Waals surface area contributed by atoms with E-state index in [-0.39, 0.29) is 6.04 Å². The second-order valence-electron chi connectivity index (χ2n) is 3.80. The molecule has 1 atom stereocenters. The highest BCUT2D eigenvalue weighted by Crippen LogP contribution is 2.16. The molecule has 0 amide bonds. The first-order valence-electron chi connectivity index (χ1n) is 5.08. The molecule has 0 aliphatic heterocycles. The summed E-state index contributed by atoms with van der Waals surface area (Å²) in [5, 5.41) is 7.99. The average Bonchev–Trinajstić information content (AvgIpc) is 2.65. The van der Waals surface area contributed by atoms with Crippen LogP contribution >= 0.6 is 15.9 Å². The lowest BCUT2D eigenvalue weighted by atomic mass is 10.2. The zero-order valence-electron chi connectivity index (χ0n) is 8.97. The van der Waals surface area contributed by atoms with E-state index in [1.807, 2.05) is 35.9 Å². The van der Waals surface area contributed by atoms with Crippen molar-refractivity contribution >= 4 is 15.9 Å². The lowest BCUT2D eigenvalue weighted by Gasteiger charge is -2.08. The Hall–Kier alpha value is -1.20. The first-order valence-corrected chi connectivity index (χ1v) is 5.87. The monoisotopic (exact) mass is 280 g/mol. The van der Waals surface area contributed by atoms with Crippen LogP contribution in [-0.4, -0.2) is 21.0 Å². The average molecular weight is 281 g/mol. The fraction of sp³-hybridized carbons (Fsp3) is 0.273. The topological polar surface area (TPSA) is 56.7 Å². The third kappa shape index (κ3) is 2.48. The van der Waals surface area contributed by atoms with Gasteiger partial charge in [0, 0.05) is 16.9 Å². The van der Waals surface area contributed by atoms with Crippen molar-refractivity contribution in [1.29, 1.82) is 0 Å². The van der Waals surface area contributed by atoms with Gasteiger partial charge >= 0.3 is 0 Å². The molecule has 0 spiro atoms. The summed E-state index contributed by atoms with van der Waals surface area (Å²) in [4.78, 5) is 0. The smallest absolute Gasteiger partial charge is 0.0730 e. The summed E-state index contributed by atoms with van der Waals surface area (Å²) in [6.07, 6.45) is 2.52. The van der Waals surface area contributed by atoms with Gasteiger partial charge in [0.2, 0.25) is 0 Å². The first kappa shape index (κ1) is 11.3. The van der Waals surface area contributed by atoms with Gasteiger partial charge in [-0.3, -0.25) is 0 Å². The number of hydrogen-bond donors (Lipinski definition) is 1. The molecule has 5 heteroatoms. The van der Waals surface area contributed by atoms with Gasteiger partial charge < -0.3 is 5.73 Å². The molecule has 2 N–H and O–H groups in total. The maximum atomic E-state index is 5.78. The van der Waals surface area contributed by atoms with Crippen molar-refractivity contribution in [1.82, 2.24) is 15.0 Å². The second-order valence-corrected chi connectivity index (χ2v) is 4.71. The predicted molar refractivity (Wildman–Crippen MR) is 66.4 cm³/mol. The summed E-state index contributed by atoms with van der Waals surface area (Å²) >= 11 is 3.44. The van der Waals surface area contributed by atoms with Crippen molar-refractivity contribution < 1.29 is 0 Å². The van der Waals surface area contributed by atoms with Crippen LogP contribution in [0.1, 0.15) is 12.6 Å². The number of aromatic nitrogens is 3. The predicted octanol–water partition coefficient (Wildman–Crippen LogP) is 1.92. The normalized spacial score (nSPS) is 12.7. The van der Waals surface area contributed by atoms with Crippen molar-refractivity contribution in [2.24, 2.45) is 5.73 Å². The van der Waals surface area contributed by atoms with Gasteiger partial charge in [-0.25, -0.2) is 4.68 Å². The van der Waals surface area contributed by atoms with Gasteiger partial charge in [-0.2, -0.15) is 0 Å². The first-order chi connectivity index (χ1) is 7.66. The van der Waals surface area contributed by atoms with E-state index in [2.05, 4.69) is 26.2 Å². The van der Waals surface area contributed by atoms with Crippen LogP contribution in [0.25, 0.3) is 5.69 Å². The molecule has 1 unspecified atom stereocenters. The standard InChI is InChI=1S/C11H13BrN4/c1-8(13)5-11-7-14-15-16(11)10-4-2-3-9(12)6-10/h2-4,6-8H,5,13H2,1H3. The molecule has 0 aliphatic carbocycles. The van der Waals surface area contributed by atoms with Crippen LogP contribution in [0.15, 0.2) is 34.9 Å². The zero-order valence-corrected chi connectivity index (χ0v) is 10.6. The molecule has 2 rings (SSSR count). The Morgan fingerprint density at radius 3 is 3.00 bits per heavy atom. The minimum absolute atomic E-state index is 0.101. The highest BCUT2D eigenvalue weighted by molar-refractivity contribution is 9.10. The quantitative estimate of drug-likeness (QED) is 0.935. The Balaban J connectivity index is 2.37. The third-order valence-corrected chi connectivity index (χ3v) is 2.70. The number of rotatable bonds is 3. The molecule has 84 valence electrons. The van der Waals surface area contributed by atoms with Crippen LogP contribution in [0.4, 0.5) is 0 Å². The second kappa shape index (κ2) is 4.76. The summed E-state index contributed by atoms with van der Waals surface area (Å²) in [6.45, 7) is 1.97. The highest BCUT2D eigenvalue weighted by atomic mass is 79.9. The SMILES string of the molecule is CC(N)Cc1cnnn1-c1cccc(Br)c1. The summed E-state index contributed by atoms with van der Waals surface area (Å²) in [7, 11) is 0. The summed E-state index contributed by atoms with van der Waals surface area (Å²) < 4.78 is 2.83. The molecule has 0 radical (unpaired) electrons. The fourth-order valence-electron chi connectivity index (χ4n) is 1.55. The van der Waals surface area contributed by atoms with Crippen LogP contribution in [0.5, 0.6) is 0 Å². The number of halogens is 1. The Morgan fingerprint density at radius 2 is 2.31 bits per heavy atom. The molecule has 0 saturated carbocycles. The maximum absolute atomic E-state index is 5.78. The van der Waals surface area contributed by atoms with Crippen LogP contribution in [0.2, 0.25) is 0 Å². The van der Waals surface area contributed by atoms with E-state index in [0.29, 0.717) is 0 Å². The minimum atomic E-state index is 0.101. The lowest BCUT2D eigenvalue weighted by Crippen LogP contribution is -2.19. The van der Waals surface area contributed by atoms with Crippen molar-refractivity contribution in [3.05, 3.63) is 40.6 Å². The molecule has 0 aliphatic rings. The van der Waals surface area contributed by atoms with Gasteiger partial charge in [0.05, 0.1) is 17.6 Å². The highest BCUT2D eigenvalue weighted by Gasteiger charge is 2.08. The Morgan fingerprint density at radius 1 is 1.50 bits per heavy atom. The molecule has 2 aromatic rings. The van der Waals surface area contributed by atoms with Gasteiger partial charge in [0.15, 0.2) is 0 Å². The summed E-state index contributed by atoms with van der Waals surface area (Å²) in [5.74, 6) is 0. The zero-order chi connectivity index (χ0) is 11.5. The summed E-state index contributed by atoms with van der Waals surface area (Å²) in [5.41, 5.74) is 7.79. The van der Waals surface area contributed by atoms with E-state index >= 15 is 0 Å². The van der Waals surface area contributed by atoms with Crippen molar-refractivity contribution in [3.63, 3.8) is 0 Å². The molecular weight excluding hydrogens is 268 g/mol. The van der Waals surface area contributed by atoms with Crippen molar-refractivity contribution in [2.45, 2.75) is 19.4 Å². The van der Waals surface area contributed by atoms with E-state index in [9.17, 15) is 0 Å². The number of hydrogen-bond acceptors (Lipinski definition) is 3. The molecule has 1 aromatic heterocycles. The number of benzene rings is 1. The number of nitrogens with two attached hydrogens (primary N) is 1. The molecule has 4 nitrogen and oxygen atoms in total. The molecule has 1 heterocycles. The van der Waals surface area contributed by atoms with Gasteiger partial charge in [0.25, 0.3) is 0 Å². The molecule has 0 bridgehead atoms. The molecule has 0 fully saturated rings. The van der Waals surface area contributed by atoms with Gasteiger partial charge in [0.1, 0.15) is 0 Å². The van der Waals surface area contributed by atoms with Gasteiger partial charge in [-0.15, -0.1) is 5.10 Å². The Labute approximate surface area is 103 Å². The minimum Gasteiger partial charge on any atom is -0.328 e. The molecule has 0 saturated heterocycles. The van der Waals surface area contributed by atoms with E-state index in [4.69, 9.17) is 5.73 Å². The Kier molecular flexibility index (Phi) is 3.36. The van der Waals surface area contributed by atoms with Crippen molar-refractivity contribution in [3.8, 4) is 5.69 Å². The van der Waals surface area contributed by atoms with E-state index in [0.717, 1.165) is 22.3 Å². The van der Waals surface area contributed by atoms with Crippen LogP contribution in [0.3, 0.4) is 0 Å². The summed E-state index contributed by atoms with van der Waals surface area (Å²) in [6, 6.07) is 8.04. The van der Waals surface area contributed by atoms with E-state index < -0.39 is 0 Å². The maximum Gasteiger partial charge on any atom is 0.0730 e. The van der Waals surface area contributed by atoms with Gasteiger partial charge in [-0.05, 0) is 25.1 Å². The largest absolute Gasteiger partial charge is 0.328 e. The molecule has 1 aromatic carbocycles. The lowest BCUT2D eigenvalue weighted by molar-refractivity contribution is 0.681. The van der Waals surface area contributed by atoms with E-state index in [1.54, 1.807) is 6.20 Å². The van der Waals surface area contributed by atoms with E-state index in [1.165, 1.54) is 0 Å². The molecule has 16 heavy (non-hydrogen) atoms. The molecular formula is C11H13BrN4. The van der Waals surface area contributed by atoms with Crippen LogP contribution in [-0.2, 0) is 6.42 Å². The van der Waals surface area contributed by atoms with Crippen LogP contribution in [0, 0.1) is 0 Å². The van der Waals surface area contributed by atoms with Crippen LogP contribution < -0.4 is 5.73 Å². The Bertz CT molecular complexity index is 478. The van der Waals surface area contributed by atoms with Crippen molar-refractivity contribution in [2.75, 3.05) is 0 Å². The fourth-order valence-corrected chi connectivity index (χ4v) is 1.94. The third-order valence-electron chi connectivity index (χ3n) is 2.20. The van der Waals surface area contributed by atoms with Gasteiger partial charge in [-0.1, -0.05) is 27.2 Å².